The number of hydrogen-bond acceptors (Lipinski definition) is 5. The van der Waals surface area contributed by atoms with E-state index in [1.54, 1.807) is 18.4 Å². The number of para-hydroxylation sites is 2. The van der Waals surface area contributed by atoms with Crippen LogP contribution in [0.3, 0.4) is 0 Å². The van der Waals surface area contributed by atoms with Crippen LogP contribution in [0.2, 0.25) is 0 Å². The maximum atomic E-state index is 13.2. The van der Waals surface area contributed by atoms with Crippen molar-refractivity contribution in [2.45, 2.75) is 84.6 Å². The zero-order chi connectivity index (χ0) is 28.8. The first-order valence-electron chi connectivity index (χ1n) is 14.3. The number of methoxy groups -OCH3 is 1. The maximum absolute atomic E-state index is 13.2. The van der Waals surface area contributed by atoms with Crippen LogP contribution < -0.4 is 4.74 Å². The molecule has 0 unspecified atom stereocenters. The second-order valence-corrected chi connectivity index (χ2v) is 14.1. The van der Waals surface area contributed by atoms with Gasteiger partial charge in [0.2, 0.25) is 5.91 Å². The number of rotatable bonds is 5. The second-order valence-electron chi connectivity index (χ2n) is 13.1. The summed E-state index contributed by atoms with van der Waals surface area (Å²) in [6.07, 6.45) is 3.97. The number of likely N-dealkylation sites (tertiary alicyclic amines) is 1. The summed E-state index contributed by atoms with van der Waals surface area (Å²) in [5.74, 6) is 2.45. The van der Waals surface area contributed by atoms with Crippen LogP contribution in [0.4, 0.5) is 0 Å². The molecule has 0 saturated carbocycles. The van der Waals surface area contributed by atoms with E-state index in [-0.39, 0.29) is 16.7 Å². The molecule has 2 aromatic heterocycles. The van der Waals surface area contributed by atoms with Crippen LogP contribution in [0.25, 0.3) is 21.6 Å². The summed E-state index contributed by atoms with van der Waals surface area (Å²) in [5.41, 5.74) is 5.42. The van der Waals surface area contributed by atoms with Crippen LogP contribution in [-0.4, -0.2) is 45.5 Å². The van der Waals surface area contributed by atoms with Gasteiger partial charge in [0.25, 0.3) is 0 Å². The number of nitrogens with zero attached hydrogens (tertiary/aromatic N) is 4. The number of hydrogen-bond donors (Lipinski definition) is 0. The number of carbonyl (C=O) groups is 1. The molecule has 7 heteroatoms. The molecule has 2 aromatic carbocycles. The molecule has 5 rings (SSSR count). The van der Waals surface area contributed by atoms with E-state index in [1.807, 2.05) is 40.7 Å². The number of carbonyl (C=O) groups excluding carboxylic acids is 1. The molecule has 1 fully saturated rings. The van der Waals surface area contributed by atoms with Crippen LogP contribution >= 0.6 is 11.3 Å². The number of aryl methyl sites for hydroxylation is 1. The Bertz CT molecular complexity index is 1490. The van der Waals surface area contributed by atoms with E-state index in [1.165, 1.54) is 16.0 Å². The molecule has 1 aliphatic rings. The van der Waals surface area contributed by atoms with Gasteiger partial charge in [-0.2, -0.15) is 0 Å². The summed E-state index contributed by atoms with van der Waals surface area (Å²) in [7, 11) is 1.77. The Morgan fingerprint density at radius 3 is 2.25 bits per heavy atom. The van der Waals surface area contributed by atoms with Gasteiger partial charge in [-0.1, -0.05) is 53.7 Å². The van der Waals surface area contributed by atoms with Crippen molar-refractivity contribution >= 4 is 28.3 Å². The normalized spacial score (nSPS) is 15.2. The minimum Gasteiger partial charge on any atom is -0.496 e. The van der Waals surface area contributed by atoms with Crippen molar-refractivity contribution in [3.63, 3.8) is 0 Å². The lowest BCUT2D eigenvalue weighted by molar-refractivity contribution is -0.132. The summed E-state index contributed by atoms with van der Waals surface area (Å²) in [6, 6.07) is 12.5. The highest BCUT2D eigenvalue weighted by Gasteiger charge is 2.30. The number of ether oxygens (including phenoxy) is 1. The van der Waals surface area contributed by atoms with Gasteiger partial charge >= 0.3 is 0 Å². The third-order valence-corrected chi connectivity index (χ3v) is 9.28. The Morgan fingerprint density at radius 1 is 1.02 bits per heavy atom. The average Bonchev–Trinajstić information content (AvgIpc) is 3.52. The molecule has 0 bridgehead atoms. The molecular weight excluding hydrogens is 516 g/mol. The fraction of sp³-hybridized carbons (Fsp3) is 0.485. The number of benzene rings is 2. The molecule has 40 heavy (non-hydrogen) atoms. The monoisotopic (exact) mass is 558 g/mol. The van der Waals surface area contributed by atoms with Gasteiger partial charge in [0.05, 0.1) is 18.1 Å². The Hall–Kier alpha value is -3.19. The molecule has 3 heterocycles. The lowest BCUT2D eigenvalue weighted by Crippen LogP contribution is -2.39. The quantitative estimate of drug-likeness (QED) is 0.255. The first kappa shape index (κ1) is 28.3. The first-order valence-corrected chi connectivity index (χ1v) is 15.1. The van der Waals surface area contributed by atoms with Gasteiger partial charge in [0, 0.05) is 40.9 Å². The molecule has 1 amide bonds. The van der Waals surface area contributed by atoms with Crippen LogP contribution in [-0.2, 0) is 22.2 Å². The minimum absolute atomic E-state index is 0.0532. The number of imidazole rings is 1. The van der Waals surface area contributed by atoms with Gasteiger partial charge < -0.3 is 14.2 Å². The summed E-state index contributed by atoms with van der Waals surface area (Å²) in [5, 5.41) is 1.05. The number of aromatic nitrogens is 3. The first-order chi connectivity index (χ1) is 18.9. The highest BCUT2D eigenvalue weighted by molar-refractivity contribution is 7.15. The van der Waals surface area contributed by atoms with Crippen molar-refractivity contribution in [3.8, 4) is 16.3 Å². The SMILES string of the molecule is COc1c(C(C)(C)C)cc(-c2ncc(C3CCN(C(=O)Cn4c(C)nc5ccccc54)CC3)s2)cc1C(C)(C)C. The van der Waals surface area contributed by atoms with Crippen molar-refractivity contribution in [1.29, 1.82) is 0 Å². The fourth-order valence-electron chi connectivity index (χ4n) is 5.74. The third-order valence-electron chi connectivity index (χ3n) is 8.07. The van der Waals surface area contributed by atoms with Crippen molar-refractivity contribution in [2.24, 2.45) is 0 Å². The Kier molecular flexibility index (Phi) is 7.55. The highest BCUT2D eigenvalue weighted by Crippen LogP contribution is 2.44. The van der Waals surface area contributed by atoms with E-state index < -0.39 is 0 Å². The van der Waals surface area contributed by atoms with E-state index in [2.05, 4.69) is 64.9 Å². The number of amides is 1. The highest BCUT2D eigenvalue weighted by atomic mass is 32.1. The van der Waals surface area contributed by atoms with E-state index in [0.29, 0.717) is 12.5 Å². The summed E-state index contributed by atoms with van der Waals surface area (Å²) >= 11 is 1.79. The molecule has 0 atom stereocenters. The van der Waals surface area contributed by atoms with Crippen molar-refractivity contribution in [2.75, 3.05) is 20.2 Å². The Balaban J connectivity index is 1.31. The molecule has 0 spiro atoms. The number of thiazole rings is 1. The van der Waals surface area contributed by atoms with Gasteiger partial charge in [-0.25, -0.2) is 9.97 Å². The lowest BCUT2D eigenvalue weighted by Gasteiger charge is -2.31. The fourth-order valence-corrected chi connectivity index (χ4v) is 6.81. The smallest absolute Gasteiger partial charge is 0.242 e. The summed E-state index contributed by atoms with van der Waals surface area (Å²) < 4.78 is 7.99. The molecule has 6 nitrogen and oxygen atoms in total. The zero-order valence-electron chi connectivity index (χ0n) is 25.2. The van der Waals surface area contributed by atoms with Crippen LogP contribution in [0, 0.1) is 6.92 Å². The minimum atomic E-state index is -0.0532. The number of fused-ring (bicyclic) bond motifs is 1. The van der Waals surface area contributed by atoms with Gasteiger partial charge in [-0.05, 0) is 60.8 Å². The largest absolute Gasteiger partial charge is 0.496 e. The predicted octanol–water partition coefficient (Wildman–Crippen LogP) is 7.48. The lowest BCUT2D eigenvalue weighted by atomic mass is 9.78. The Labute approximate surface area is 242 Å². The summed E-state index contributed by atoms with van der Waals surface area (Å²) in [6.45, 7) is 17.3. The standard InChI is InChI=1S/C33H42N4O2S/c1-21-35-26-11-9-10-12-27(26)37(21)20-29(38)36-15-13-22(14-16-36)28-19-34-31(40-28)23-17-24(32(2,3)4)30(39-8)25(18-23)33(5,6)7/h9-12,17-19,22H,13-16,20H2,1-8H3. The van der Waals surface area contributed by atoms with Gasteiger partial charge in [0.15, 0.2) is 0 Å². The zero-order valence-corrected chi connectivity index (χ0v) is 26.0. The second kappa shape index (κ2) is 10.7. The third kappa shape index (κ3) is 5.53. The predicted molar refractivity (Wildman–Crippen MR) is 165 cm³/mol. The van der Waals surface area contributed by atoms with E-state index in [4.69, 9.17) is 9.72 Å². The van der Waals surface area contributed by atoms with Crippen LogP contribution in [0.5, 0.6) is 5.75 Å². The van der Waals surface area contributed by atoms with Crippen LogP contribution in [0.15, 0.2) is 42.6 Å². The molecule has 1 aliphatic heterocycles. The Morgan fingerprint density at radius 2 is 1.65 bits per heavy atom. The van der Waals surface area contributed by atoms with Crippen molar-refractivity contribution in [3.05, 3.63) is 64.4 Å². The molecule has 4 aromatic rings. The van der Waals surface area contributed by atoms with Crippen molar-refractivity contribution in [1.82, 2.24) is 19.4 Å². The van der Waals surface area contributed by atoms with Crippen molar-refractivity contribution < 1.29 is 9.53 Å². The molecule has 212 valence electrons. The van der Waals surface area contributed by atoms with Crippen LogP contribution in [0.1, 0.15) is 82.1 Å². The van der Waals surface area contributed by atoms with Gasteiger partial charge in [-0.3, -0.25) is 4.79 Å². The molecule has 0 N–H and O–H groups in total. The van der Waals surface area contributed by atoms with Gasteiger partial charge in [-0.15, -0.1) is 11.3 Å². The molecular formula is C33H42N4O2S. The van der Waals surface area contributed by atoms with E-state index in [0.717, 1.165) is 59.1 Å². The summed E-state index contributed by atoms with van der Waals surface area (Å²) in [4.78, 5) is 26.1. The van der Waals surface area contributed by atoms with Gasteiger partial charge in [0.1, 0.15) is 23.1 Å². The number of piperidine rings is 1. The molecule has 1 saturated heterocycles. The molecule has 0 radical (unpaired) electrons. The molecule has 0 aliphatic carbocycles. The topological polar surface area (TPSA) is 60.2 Å². The van der Waals surface area contributed by atoms with E-state index >= 15 is 0 Å². The average molecular weight is 559 g/mol. The maximum Gasteiger partial charge on any atom is 0.242 e. The van der Waals surface area contributed by atoms with E-state index in [9.17, 15) is 4.79 Å².